The minimum Gasteiger partial charge on any atom is -0.398 e. The average Bonchev–Trinajstić information content (AvgIpc) is 2.40. The zero-order valence-corrected chi connectivity index (χ0v) is 13.8. The quantitative estimate of drug-likeness (QED) is 0.815. The summed E-state index contributed by atoms with van der Waals surface area (Å²) in [7, 11) is -3.55. The topological polar surface area (TPSA) is 81.4 Å². The first-order valence-electron chi connectivity index (χ1n) is 7.18. The van der Waals surface area contributed by atoms with E-state index in [0.29, 0.717) is 18.7 Å². The average molecular weight is 312 g/mol. The second kappa shape index (κ2) is 5.59. The first-order chi connectivity index (χ1) is 9.68. The van der Waals surface area contributed by atoms with Crippen molar-refractivity contribution >= 4 is 15.7 Å². The first kappa shape index (κ1) is 16.3. The molecule has 0 saturated heterocycles. The Labute approximate surface area is 126 Å². The lowest BCUT2D eigenvalue weighted by Gasteiger charge is -2.51. The Morgan fingerprint density at radius 3 is 2.62 bits per heavy atom. The van der Waals surface area contributed by atoms with Crippen LogP contribution >= 0.6 is 0 Å². The van der Waals surface area contributed by atoms with E-state index in [-0.39, 0.29) is 22.5 Å². The standard InChI is InChI=1S/C15H24N2O3S/c1-5-20-14-9-13(15(14,3)4)17-21(18,19)11-7-6-10(2)12(16)8-11/h6-8,13-14,17H,5,9,16H2,1-4H3. The molecular formula is C15H24N2O3S. The fraction of sp³-hybridized carbons (Fsp3) is 0.600. The van der Waals surface area contributed by atoms with Gasteiger partial charge in [-0.2, -0.15) is 0 Å². The second-order valence-electron chi connectivity index (χ2n) is 6.19. The molecule has 0 bridgehead atoms. The highest BCUT2D eigenvalue weighted by Crippen LogP contribution is 2.43. The maximum absolute atomic E-state index is 12.4. The SMILES string of the molecule is CCOC1CC(NS(=O)(=O)c2ccc(C)c(N)c2)C1(C)C. The molecule has 21 heavy (non-hydrogen) atoms. The number of hydrogen-bond acceptors (Lipinski definition) is 4. The highest BCUT2D eigenvalue weighted by molar-refractivity contribution is 7.89. The Balaban J connectivity index is 2.14. The molecule has 0 aromatic heterocycles. The van der Waals surface area contributed by atoms with Crippen LogP contribution in [-0.2, 0) is 14.8 Å². The van der Waals surface area contributed by atoms with Crippen LogP contribution < -0.4 is 10.5 Å². The first-order valence-corrected chi connectivity index (χ1v) is 8.67. The van der Waals surface area contributed by atoms with Gasteiger partial charge in [0.1, 0.15) is 0 Å². The number of nitrogens with two attached hydrogens (primary N) is 1. The lowest BCUT2D eigenvalue weighted by atomic mass is 9.65. The van der Waals surface area contributed by atoms with Crippen molar-refractivity contribution in [3.63, 3.8) is 0 Å². The van der Waals surface area contributed by atoms with Crippen LogP contribution in [0.1, 0.15) is 32.8 Å². The van der Waals surface area contributed by atoms with Gasteiger partial charge in [0.05, 0.1) is 11.0 Å². The number of nitrogens with one attached hydrogen (secondary N) is 1. The van der Waals surface area contributed by atoms with Crippen molar-refractivity contribution in [3.05, 3.63) is 23.8 Å². The van der Waals surface area contributed by atoms with Crippen molar-refractivity contribution in [2.75, 3.05) is 12.3 Å². The van der Waals surface area contributed by atoms with Crippen molar-refractivity contribution in [1.82, 2.24) is 4.72 Å². The summed E-state index contributed by atoms with van der Waals surface area (Å²) in [5.41, 5.74) is 6.94. The zero-order valence-electron chi connectivity index (χ0n) is 13.0. The molecule has 2 unspecified atom stereocenters. The lowest BCUT2D eigenvalue weighted by molar-refractivity contribution is -0.108. The maximum Gasteiger partial charge on any atom is 0.240 e. The minimum atomic E-state index is -3.55. The highest BCUT2D eigenvalue weighted by Gasteiger charge is 2.50. The molecule has 3 N–H and O–H groups in total. The Kier molecular flexibility index (Phi) is 4.33. The van der Waals surface area contributed by atoms with Crippen LogP contribution in [0.2, 0.25) is 0 Å². The predicted molar refractivity (Wildman–Crippen MR) is 83.5 cm³/mol. The van der Waals surface area contributed by atoms with Crippen molar-refractivity contribution in [1.29, 1.82) is 0 Å². The monoisotopic (exact) mass is 312 g/mol. The van der Waals surface area contributed by atoms with Crippen molar-refractivity contribution in [3.8, 4) is 0 Å². The van der Waals surface area contributed by atoms with Crippen LogP contribution in [0, 0.1) is 12.3 Å². The van der Waals surface area contributed by atoms with E-state index in [9.17, 15) is 8.42 Å². The van der Waals surface area contributed by atoms with E-state index in [4.69, 9.17) is 10.5 Å². The molecule has 5 nitrogen and oxygen atoms in total. The Hall–Kier alpha value is -1.11. The number of hydrogen-bond donors (Lipinski definition) is 2. The summed E-state index contributed by atoms with van der Waals surface area (Å²) < 4.78 is 33.3. The molecule has 2 rings (SSSR count). The van der Waals surface area contributed by atoms with Crippen molar-refractivity contribution in [2.45, 2.75) is 51.2 Å². The molecule has 1 saturated carbocycles. The van der Waals surface area contributed by atoms with Crippen molar-refractivity contribution < 1.29 is 13.2 Å². The summed E-state index contributed by atoms with van der Waals surface area (Å²) in [6.07, 6.45) is 0.791. The smallest absolute Gasteiger partial charge is 0.240 e. The maximum atomic E-state index is 12.4. The van der Waals surface area contributed by atoms with Gasteiger partial charge in [-0.3, -0.25) is 0 Å². The summed E-state index contributed by atoms with van der Waals surface area (Å²) in [6, 6.07) is 4.68. The number of benzene rings is 1. The Morgan fingerprint density at radius 2 is 2.10 bits per heavy atom. The van der Waals surface area contributed by atoms with Gasteiger partial charge in [0.2, 0.25) is 10.0 Å². The second-order valence-corrected chi connectivity index (χ2v) is 7.91. The third kappa shape index (κ3) is 3.07. The van der Waals surface area contributed by atoms with Gasteiger partial charge in [-0.05, 0) is 38.0 Å². The molecule has 0 spiro atoms. The van der Waals surface area contributed by atoms with Gasteiger partial charge in [-0.25, -0.2) is 13.1 Å². The molecule has 0 aliphatic heterocycles. The normalized spacial score (nSPS) is 24.6. The van der Waals surface area contributed by atoms with E-state index in [1.54, 1.807) is 12.1 Å². The van der Waals surface area contributed by atoms with Gasteiger partial charge >= 0.3 is 0 Å². The number of ether oxygens (including phenoxy) is 1. The Bertz CT molecular complexity index is 626. The van der Waals surface area contributed by atoms with E-state index < -0.39 is 10.0 Å². The third-order valence-electron chi connectivity index (χ3n) is 4.40. The van der Waals surface area contributed by atoms with E-state index >= 15 is 0 Å². The number of anilines is 1. The predicted octanol–water partition coefficient (Wildman–Crippen LogP) is 2.06. The molecule has 1 aromatic carbocycles. The van der Waals surface area contributed by atoms with Crippen LogP contribution in [0.15, 0.2) is 23.1 Å². The molecule has 118 valence electrons. The van der Waals surface area contributed by atoms with Crippen LogP contribution in [0.25, 0.3) is 0 Å². The molecule has 2 atom stereocenters. The summed E-state index contributed by atoms with van der Waals surface area (Å²) in [4.78, 5) is 0.209. The van der Waals surface area contributed by atoms with E-state index in [0.717, 1.165) is 5.56 Å². The number of sulfonamides is 1. The molecule has 0 amide bonds. The van der Waals surface area contributed by atoms with Gasteiger partial charge in [0.25, 0.3) is 0 Å². The van der Waals surface area contributed by atoms with E-state index in [2.05, 4.69) is 4.72 Å². The van der Waals surface area contributed by atoms with E-state index in [1.807, 2.05) is 27.7 Å². The Morgan fingerprint density at radius 1 is 1.43 bits per heavy atom. The number of rotatable bonds is 5. The number of nitrogen functional groups attached to an aromatic ring is 1. The lowest BCUT2D eigenvalue weighted by Crippen LogP contribution is -2.61. The van der Waals surface area contributed by atoms with Crippen LogP contribution in [0.5, 0.6) is 0 Å². The third-order valence-corrected chi connectivity index (χ3v) is 5.87. The van der Waals surface area contributed by atoms with E-state index in [1.165, 1.54) is 6.07 Å². The van der Waals surface area contributed by atoms with Gasteiger partial charge in [-0.15, -0.1) is 0 Å². The minimum absolute atomic E-state index is 0.0956. The van der Waals surface area contributed by atoms with Crippen molar-refractivity contribution in [2.24, 2.45) is 5.41 Å². The van der Waals surface area contributed by atoms with Crippen LogP contribution in [-0.4, -0.2) is 27.2 Å². The largest absolute Gasteiger partial charge is 0.398 e. The van der Waals surface area contributed by atoms with Crippen LogP contribution in [0.4, 0.5) is 5.69 Å². The fourth-order valence-electron chi connectivity index (χ4n) is 2.61. The molecule has 0 radical (unpaired) electrons. The highest BCUT2D eigenvalue weighted by atomic mass is 32.2. The summed E-state index contributed by atoms with van der Waals surface area (Å²) in [6.45, 7) is 8.48. The molecule has 1 aliphatic rings. The molecule has 1 aliphatic carbocycles. The summed E-state index contributed by atoms with van der Waals surface area (Å²) in [5, 5.41) is 0. The van der Waals surface area contributed by atoms with Gasteiger partial charge < -0.3 is 10.5 Å². The molecular weight excluding hydrogens is 288 g/mol. The number of aryl methyl sites for hydroxylation is 1. The zero-order chi connectivity index (χ0) is 15.8. The summed E-state index contributed by atoms with van der Waals surface area (Å²) in [5.74, 6) is 0. The molecule has 0 heterocycles. The van der Waals surface area contributed by atoms with Gasteiger partial charge in [0.15, 0.2) is 0 Å². The van der Waals surface area contributed by atoms with Gasteiger partial charge in [0, 0.05) is 23.8 Å². The van der Waals surface area contributed by atoms with Crippen LogP contribution in [0.3, 0.4) is 0 Å². The van der Waals surface area contributed by atoms with Gasteiger partial charge in [-0.1, -0.05) is 19.9 Å². The molecule has 6 heteroatoms. The fourth-order valence-corrected chi connectivity index (χ4v) is 4.05. The summed E-state index contributed by atoms with van der Waals surface area (Å²) >= 11 is 0. The molecule has 1 fully saturated rings. The molecule has 1 aromatic rings.